The lowest BCUT2D eigenvalue weighted by Crippen LogP contribution is -2.36. The van der Waals surface area contributed by atoms with Crippen molar-refractivity contribution in [2.75, 3.05) is 31.6 Å². The maximum absolute atomic E-state index is 11.3. The standard InChI is InChI=1S/C16H24N2O/c1-13(19)15-5-7-16(8-6-15)18-11-3-4-14(12-18)9-10-17-2/h5-8,14,17H,3-4,9-12H2,1-2H3. The van der Waals surface area contributed by atoms with Gasteiger partial charge < -0.3 is 10.2 Å². The number of rotatable bonds is 5. The molecule has 1 aromatic carbocycles. The van der Waals surface area contributed by atoms with Gasteiger partial charge in [-0.15, -0.1) is 0 Å². The van der Waals surface area contributed by atoms with Gasteiger partial charge in [0, 0.05) is 24.3 Å². The molecule has 0 radical (unpaired) electrons. The van der Waals surface area contributed by atoms with E-state index in [4.69, 9.17) is 0 Å². The molecule has 3 heteroatoms. The summed E-state index contributed by atoms with van der Waals surface area (Å²) in [7, 11) is 2.01. The first-order valence-corrected chi connectivity index (χ1v) is 7.21. The maximum atomic E-state index is 11.3. The van der Waals surface area contributed by atoms with Crippen LogP contribution in [0.15, 0.2) is 24.3 Å². The number of carbonyl (C=O) groups excluding carboxylic acids is 1. The molecule has 2 rings (SSSR count). The summed E-state index contributed by atoms with van der Waals surface area (Å²) in [6.07, 6.45) is 3.85. The van der Waals surface area contributed by atoms with Crippen LogP contribution in [-0.4, -0.2) is 32.5 Å². The van der Waals surface area contributed by atoms with Crippen molar-refractivity contribution < 1.29 is 4.79 Å². The molecule has 1 atom stereocenters. The SMILES string of the molecule is CNCCC1CCCN(c2ccc(C(C)=O)cc2)C1. The van der Waals surface area contributed by atoms with Gasteiger partial charge in [-0.3, -0.25) is 4.79 Å². The number of carbonyl (C=O) groups is 1. The minimum atomic E-state index is 0.136. The normalized spacial score (nSPS) is 19.5. The summed E-state index contributed by atoms with van der Waals surface area (Å²) in [5.74, 6) is 0.922. The fourth-order valence-corrected chi connectivity index (χ4v) is 2.79. The third-order valence-corrected chi connectivity index (χ3v) is 3.96. The molecule has 0 aromatic heterocycles. The molecule has 1 fully saturated rings. The zero-order valence-electron chi connectivity index (χ0n) is 12.0. The van der Waals surface area contributed by atoms with E-state index in [1.807, 2.05) is 19.2 Å². The summed E-state index contributed by atoms with van der Waals surface area (Å²) in [5, 5.41) is 3.23. The Balaban J connectivity index is 1.98. The van der Waals surface area contributed by atoms with Crippen LogP contribution in [0.4, 0.5) is 5.69 Å². The van der Waals surface area contributed by atoms with Crippen molar-refractivity contribution in [3.8, 4) is 0 Å². The van der Waals surface area contributed by atoms with E-state index < -0.39 is 0 Å². The van der Waals surface area contributed by atoms with Crippen molar-refractivity contribution in [1.82, 2.24) is 5.32 Å². The fourth-order valence-electron chi connectivity index (χ4n) is 2.79. The predicted molar refractivity (Wildman–Crippen MR) is 79.9 cm³/mol. The predicted octanol–water partition coefficient (Wildman–Crippen LogP) is 2.72. The molecule has 19 heavy (non-hydrogen) atoms. The average molecular weight is 260 g/mol. The zero-order chi connectivity index (χ0) is 13.7. The van der Waals surface area contributed by atoms with Gasteiger partial charge in [0.1, 0.15) is 0 Å². The zero-order valence-corrected chi connectivity index (χ0v) is 12.0. The van der Waals surface area contributed by atoms with Gasteiger partial charge in [0.05, 0.1) is 0 Å². The minimum absolute atomic E-state index is 0.136. The van der Waals surface area contributed by atoms with Crippen molar-refractivity contribution in [2.24, 2.45) is 5.92 Å². The van der Waals surface area contributed by atoms with Gasteiger partial charge in [0.2, 0.25) is 0 Å². The van der Waals surface area contributed by atoms with Crippen LogP contribution in [0.1, 0.15) is 36.5 Å². The number of nitrogens with zero attached hydrogens (tertiary/aromatic N) is 1. The van der Waals surface area contributed by atoms with Gasteiger partial charge in [0.25, 0.3) is 0 Å². The first-order valence-electron chi connectivity index (χ1n) is 7.21. The number of hydrogen-bond acceptors (Lipinski definition) is 3. The number of benzene rings is 1. The Hall–Kier alpha value is -1.35. The number of anilines is 1. The summed E-state index contributed by atoms with van der Waals surface area (Å²) in [4.78, 5) is 13.7. The molecule has 0 aliphatic carbocycles. The minimum Gasteiger partial charge on any atom is -0.371 e. The Morgan fingerprint density at radius 2 is 2.11 bits per heavy atom. The highest BCUT2D eigenvalue weighted by atomic mass is 16.1. The van der Waals surface area contributed by atoms with E-state index >= 15 is 0 Å². The first kappa shape index (κ1) is 14.1. The molecule has 1 aliphatic rings. The van der Waals surface area contributed by atoms with Crippen LogP contribution in [0.2, 0.25) is 0 Å². The molecule has 1 saturated heterocycles. The fraction of sp³-hybridized carbons (Fsp3) is 0.562. The molecule has 1 aliphatic heterocycles. The largest absolute Gasteiger partial charge is 0.371 e. The van der Waals surface area contributed by atoms with E-state index in [-0.39, 0.29) is 5.78 Å². The Labute approximate surface area is 116 Å². The number of hydrogen-bond donors (Lipinski definition) is 1. The lowest BCUT2D eigenvalue weighted by molar-refractivity contribution is 0.101. The van der Waals surface area contributed by atoms with E-state index in [0.717, 1.165) is 31.1 Å². The summed E-state index contributed by atoms with van der Waals surface area (Å²) < 4.78 is 0. The molecule has 0 amide bonds. The number of piperidine rings is 1. The van der Waals surface area contributed by atoms with Gasteiger partial charge in [-0.1, -0.05) is 0 Å². The molecular weight excluding hydrogens is 236 g/mol. The topological polar surface area (TPSA) is 32.3 Å². The van der Waals surface area contributed by atoms with Gasteiger partial charge in [-0.05, 0) is 70.0 Å². The molecular formula is C16H24N2O. The van der Waals surface area contributed by atoms with Crippen LogP contribution >= 0.6 is 0 Å². The molecule has 1 aromatic rings. The van der Waals surface area contributed by atoms with E-state index in [1.165, 1.54) is 24.9 Å². The second-order valence-corrected chi connectivity index (χ2v) is 5.45. The highest BCUT2D eigenvalue weighted by molar-refractivity contribution is 5.94. The van der Waals surface area contributed by atoms with Crippen LogP contribution in [0.25, 0.3) is 0 Å². The van der Waals surface area contributed by atoms with Gasteiger partial charge in [-0.2, -0.15) is 0 Å². The van der Waals surface area contributed by atoms with Crippen LogP contribution in [0, 0.1) is 5.92 Å². The second-order valence-electron chi connectivity index (χ2n) is 5.45. The van der Waals surface area contributed by atoms with Gasteiger partial charge in [0.15, 0.2) is 5.78 Å². The van der Waals surface area contributed by atoms with E-state index in [9.17, 15) is 4.79 Å². The third kappa shape index (κ3) is 3.80. The Morgan fingerprint density at radius 3 is 2.74 bits per heavy atom. The second kappa shape index (κ2) is 6.71. The molecule has 0 spiro atoms. The molecule has 0 bridgehead atoms. The highest BCUT2D eigenvalue weighted by Crippen LogP contribution is 2.25. The smallest absolute Gasteiger partial charge is 0.159 e. The van der Waals surface area contributed by atoms with E-state index in [2.05, 4.69) is 22.3 Å². The molecule has 1 N–H and O–H groups in total. The average Bonchev–Trinajstić information content (AvgIpc) is 2.45. The molecule has 104 valence electrons. The van der Waals surface area contributed by atoms with Gasteiger partial charge >= 0.3 is 0 Å². The van der Waals surface area contributed by atoms with E-state index in [0.29, 0.717) is 0 Å². The number of Topliss-reactive ketones (excluding diaryl/α,β-unsaturated/α-hetero) is 1. The van der Waals surface area contributed by atoms with Crippen molar-refractivity contribution in [3.63, 3.8) is 0 Å². The first-order chi connectivity index (χ1) is 9.20. The Morgan fingerprint density at radius 1 is 1.37 bits per heavy atom. The lowest BCUT2D eigenvalue weighted by atomic mass is 9.94. The van der Waals surface area contributed by atoms with Crippen LogP contribution < -0.4 is 10.2 Å². The number of nitrogens with one attached hydrogen (secondary N) is 1. The van der Waals surface area contributed by atoms with Crippen molar-refractivity contribution in [1.29, 1.82) is 0 Å². The number of ketones is 1. The monoisotopic (exact) mass is 260 g/mol. The molecule has 0 saturated carbocycles. The van der Waals surface area contributed by atoms with E-state index in [1.54, 1.807) is 6.92 Å². The summed E-state index contributed by atoms with van der Waals surface area (Å²) in [5.41, 5.74) is 2.05. The van der Waals surface area contributed by atoms with Crippen molar-refractivity contribution in [3.05, 3.63) is 29.8 Å². The Bertz CT molecular complexity index is 413. The maximum Gasteiger partial charge on any atom is 0.159 e. The van der Waals surface area contributed by atoms with Crippen LogP contribution in [0.5, 0.6) is 0 Å². The van der Waals surface area contributed by atoms with Crippen molar-refractivity contribution in [2.45, 2.75) is 26.2 Å². The molecule has 3 nitrogen and oxygen atoms in total. The quantitative estimate of drug-likeness (QED) is 0.826. The Kier molecular flexibility index (Phi) is 4.97. The molecule has 1 unspecified atom stereocenters. The van der Waals surface area contributed by atoms with Crippen LogP contribution in [-0.2, 0) is 0 Å². The van der Waals surface area contributed by atoms with Crippen LogP contribution in [0.3, 0.4) is 0 Å². The molecule has 1 heterocycles. The summed E-state index contributed by atoms with van der Waals surface area (Å²) in [6, 6.07) is 8.04. The van der Waals surface area contributed by atoms with Crippen molar-refractivity contribution >= 4 is 11.5 Å². The lowest BCUT2D eigenvalue weighted by Gasteiger charge is -2.34. The highest BCUT2D eigenvalue weighted by Gasteiger charge is 2.19. The van der Waals surface area contributed by atoms with Gasteiger partial charge in [-0.25, -0.2) is 0 Å². The summed E-state index contributed by atoms with van der Waals surface area (Å²) >= 11 is 0. The third-order valence-electron chi connectivity index (χ3n) is 3.96. The summed E-state index contributed by atoms with van der Waals surface area (Å²) in [6.45, 7) is 4.99.